The molecule has 0 heterocycles. The fourth-order valence-electron chi connectivity index (χ4n) is 1.72. The second-order valence-corrected chi connectivity index (χ2v) is 5.30. The van der Waals surface area contributed by atoms with E-state index in [1.165, 1.54) is 19.3 Å². The van der Waals surface area contributed by atoms with Gasteiger partial charge in [-0.2, -0.15) is 0 Å². The molecule has 1 aliphatic carbocycles. The fourth-order valence-corrected chi connectivity index (χ4v) is 1.72. The fraction of sp³-hybridized carbons (Fsp3) is 0.846. The lowest BCUT2D eigenvalue weighted by atomic mass is 9.77. The zero-order valence-corrected chi connectivity index (χ0v) is 10.6. The molecule has 0 saturated heterocycles. The summed E-state index contributed by atoms with van der Waals surface area (Å²) in [5.41, 5.74) is 1.33. The zero-order chi connectivity index (χ0) is 11.5. The molecule has 1 aliphatic rings. The molecule has 0 atom stereocenters. The van der Waals surface area contributed by atoms with Crippen molar-refractivity contribution in [3.05, 3.63) is 12.3 Å². The van der Waals surface area contributed by atoms with Crippen molar-refractivity contribution in [3.63, 3.8) is 0 Å². The van der Waals surface area contributed by atoms with Gasteiger partial charge in [0.1, 0.15) is 0 Å². The van der Waals surface area contributed by atoms with E-state index in [0.717, 1.165) is 12.3 Å². The monoisotopic (exact) mass is 211 g/mol. The first kappa shape index (κ1) is 12.6. The number of rotatable bonds is 6. The van der Waals surface area contributed by atoms with Gasteiger partial charge in [0.2, 0.25) is 0 Å². The lowest BCUT2D eigenvalue weighted by Crippen LogP contribution is -2.54. The highest BCUT2D eigenvalue weighted by Gasteiger charge is 2.37. The molecule has 1 saturated carbocycles. The SMILES string of the molecule is C=C(NC1(COC(C)C)CCC1)C(C)C. The van der Waals surface area contributed by atoms with Gasteiger partial charge in [-0.15, -0.1) is 0 Å². The smallest absolute Gasteiger partial charge is 0.0699 e. The molecule has 0 bridgehead atoms. The van der Waals surface area contributed by atoms with Crippen LogP contribution in [-0.4, -0.2) is 18.2 Å². The Labute approximate surface area is 94.1 Å². The van der Waals surface area contributed by atoms with E-state index in [2.05, 4.69) is 39.6 Å². The highest BCUT2D eigenvalue weighted by molar-refractivity contribution is 5.07. The molecule has 1 rings (SSSR count). The number of nitrogens with one attached hydrogen (secondary N) is 1. The number of hydrogen-bond acceptors (Lipinski definition) is 2. The van der Waals surface area contributed by atoms with Gasteiger partial charge in [-0.1, -0.05) is 20.4 Å². The molecule has 88 valence electrons. The molecule has 2 nitrogen and oxygen atoms in total. The molecule has 0 radical (unpaired) electrons. The van der Waals surface area contributed by atoms with Crippen LogP contribution in [0, 0.1) is 5.92 Å². The quantitative estimate of drug-likeness (QED) is 0.729. The predicted molar refractivity (Wildman–Crippen MR) is 64.8 cm³/mol. The Morgan fingerprint density at radius 3 is 2.27 bits per heavy atom. The van der Waals surface area contributed by atoms with Crippen LogP contribution in [0.15, 0.2) is 12.3 Å². The van der Waals surface area contributed by atoms with Crippen molar-refractivity contribution in [2.75, 3.05) is 6.61 Å². The summed E-state index contributed by atoms with van der Waals surface area (Å²) in [5.74, 6) is 0.501. The van der Waals surface area contributed by atoms with Crippen LogP contribution in [0.2, 0.25) is 0 Å². The first-order valence-corrected chi connectivity index (χ1v) is 6.04. The van der Waals surface area contributed by atoms with Crippen molar-refractivity contribution < 1.29 is 4.74 Å². The Morgan fingerprint density at radius 2 is 1.93 bits per heavy atom. The number of hydrogen-bond donors (Lipinski definition) is 1. The molecule has 0 aliphatic heterocycles. The summed E-state index contributed by atoms with van der Waals surface area (Å²) in [7, 11) is 0. The standard InChI is InChI=1S/C13H25NO/c1-10(2)12(5)14-13(7-6-8-13)9-15-11(3)4/h10-11,14H,5-9H2,1-4H3. The highest BCUT2D eigenvalue weighted by Crippen LogP contribution is 2.33. The van der Waals surface area contributed by atoms with Gasteiger partial charge < -0.3 is 10.1 Å². The molecule has 0 spiro atoms. The molecule has 0 unspecified atom stereocenters. The summed E-state index contributed by atoms with van der Waals surface area (Å²) in [6.45, 7) is 13.4. The molecular weight excluding hydrogens is 186 g/mol. The second kappa shape index (κ2) is 5.02. The molecule has 2 heteroatoms. The molecule has 15 heavy (non-hydrogen) atoms. The Hall–Kier alpha value is -0.500. The van der Waals surface area contributed by atoms with E-state index in [1.54, 1.807) is 0 Å². The van der Waals surface area contributed by atoms with Gasteiger partial charge in [-0.25, -0.2) is 0 Å². The molecular formula is C13H25NO. The third-order valence-corrected chi connectivity index (χ3v) is 3.13. The van der Waals surface area contributed by atoms with E-state index in [0.29, 0.717) is 12.0 Å². The average molecular weight is 211 g/mol. The van der Waals surface area contributed by atoms with Crippen molar-refractivity contribution in [3.8, 4) is 0 Å². The van der Waals surface area contributed by atoms with E-state index in [1.807, 2.05) is 0 Å². The Bertz CT molecular complexity index is 217. The van der Waals surface area contributed by atoms with Gasteiger partial charge >= 0.3 is 0 Å². The van der Waals surface area contributed by atoms with Crippen LogP contribution in [0.3, 0.4) is 0 Å². The maximum Gasteiger partial charge on any atom is 0.0699 e. The van der Waals surface area contributed by atoms with Crippen LogP contribution in [0.25, 0.3) is 0 Å². The molecule has 0 amide bonds. The van der Waals surface area contributed by atoms with Crippen LogP contribution in [-0.2, 0) is 4.74 Å². The van der Waals surface area contributed by atoms with Crippen molar-refractivity contribution >= 4 is 0 Å². The van der Waals surface area contributed by atoms with Crippen LogP contribution in [0.4, 0.5) is 0 Å². The Balaban J connectivity index is 2.42. The summed E-state index contributed by atoms with van der Waals surface area (Å²) >= 11 is 0. The van der Waals surface area contributed by atoms with E-state index in [4.69, 9.17) is 4.74 Å². The lowest BCUT2D eigenvalue weighted by Gasteiger charge is -2.44. The zero-order valence-electron chi connectivity index (χ0n) is 10.6. The Kier molecular flexibility index (Phi) is 4.21. The largest absolute Gasteiger partial charge is 0.381 e. The van der Waals surface area contributed by atoms with Crippen LogP contribution in [0.5, 0.6) is 0 Å². The van der Waals surface area contributed by atoms with Crippen molar-refractivity contribution in [1.82, 2.24) is 5.32 Å². The number of allylic oxidation sites excluding steroid dienone is 1. The van der Waals surface area contributed by atoms with Gasteiger partial charge in [-0.05, 0) is 39.0 Å². The minimum absolute atomic E-state index is 0.186. The van der Waals surface area contributed by atoms with Gasteiger partial charge in [-0.3, -0.25) is 0 Å². The van der Waals surface area contributed by atoms with Crippen molar-refractivity contribution in [1.29, 1.82) is 0 Å². The third-order valence-electron chi connectivity index (χ3n) is 3.13. The van der Waals surface area contributed by atoms with Gasteiger partial charge in [0.15, 0.2) is 0 Å². The summed E-state index contributed by atoms with van der Waals surface area (Å²) < 4.78 is 5.73. The topological polar surface area (TPSA) is 21.3 Å². The average Bonchev–Trinajstić information content (AvgIpc) is 2.08. The predicted octanol–water partition coefficient (Wildman–Crippen LogP) is 3.09. The summed E-state index contributed by atoms with van der Waals surface area (Å²) in [4.78, 5) is 0. The first-order chi connectivity index (χ1) is 6.95. The maximum absolute atomic E-state index is 5.73. The highest BCUT2D eigenvalue weighted by atomic mass is 16.5. The summed E-state index contributed by atoms with van der Waals surface area (Å²) in [6, 6.07) is 0. The molecule has 1 fully saturated rings. The number of ether oxygens (including phenoxy) is 1. The molecule has 0 aromatic heterocycles. The summed E-state index contributed by atoms with van der Waals surface area (Å²) in [6.07, 6.45) is 4.05. The van der Waals surface area contributed by atoms with Crippen LogP contribution >= 0.6 is 0 Å². The van der Waals surface area contributed by atoms with Crippen molar-refractivity contribution in [2.24, 2.45) is 5.92 Å². The maximum atomic E-state index is 5.73. The lowest BCUT2D eigenvalue weighted by molar-refractivity contribution is 0.000412. The van der Waals surface area contributed by atoms with E-state index >= 15 is 0 Å². The van der Waals surface area contributed by atoms with E-state index in [9.17, 15) is 0 Å². The summed E-state index contributed by atoms with van der Waals surface area (Å²) in [5, 5.41) is 3.57. The first-order valence-electron chi connectivity index (χ1n) is 6.04. The van der Waals surface area contributed by atoms with Crippen LogP contribution < -0.4 is 5.32 Å². The van der Waals surface area contributed by atoms with Crippen LogP contribution in [0.1, 0.15) is 47.0 Å². The minimum Gasteiger partial charge on any atom is -0.381 e. The normalized spacial score (nSPS) is 19.1. The second-order valence-electron chi connectivity index (χ2n) is 5.30. The van der Waals surface area contributed by atoms with Gasteiger partial charge in [0.25, 0.3) is 0 Å². The Morgan fingerprint density at radius 1 is 1.33 bits per heavy atom. The van der Waals surface area contributed by atoms with Gasteiger partial charge in [0, 0.05) is 5.70 Å². The van der Waals surface area contributed by atoms with E-state index in [-0.39, 0.29) is 5.54 Å². The molecule has 1 N–H and O–H groups in total. The van der Waals surface area contributed by atoms with E-state index < -0.39 is 0 Å². The molecule has 0 aromatic rings. The third kappa shape index (κ3) is 3.53. The van der Waals surface area contributed by atoms with Gasteiger partial charge in [0.05, 0.1) is 18.2 Å². The molecule has 0 aromatic carbocycles. The van der Waals surface area contributed by atoms with Crippen molar-refractivity contribution in [2.45, 2.75) is 58.6 Å². The minimum atomic E-state index is 0.186.